The molecule has 1 heterocycles. The quantitative estimate of drug-likeness (QED) is 0.454. The van der Waals surface area contributed by atoms with Crippen LogP contribution in [0.4, 0.5) is 5.69 Å². The van der Waals surface area contributed by atoms with E-state index in [1.54, 1.807) is 55.6 Å². The maximum Gasteiger partial charge on any atom is 0.325 e. The molecule has 0 radical (unpaired) electrons. The Bertz CT molecular complexity index is 1110. The van der Waals surface area contributed by atoms with Gasteiger partial charge in [0, 0.05) is 5.69 Å². The third-order valence-corrected chi connectivity index (χ3v) is 4.56. The number of furan rings is 1. The Kier molecular flexibility index (Phi) is 8.07. The van der Waals surface area contributed by atoms with Gasteiger partial charge in [0.25, 0.3) is 5.91 Å². The minimum Gasteiger partial charge on any atom is -0.493 e. The van der Waals surface area contributed by atoms with Gasteiger partial charge in [-0.25, -0.2) is 0 Å². The molecule has 0 fully saturated rings. The predicted molar refractivity (Wildman–Crippen MR) is 119 cm³/mol. The van der Waals surface area contributed by atoms with Crippen molar-refractivity contribution in [3.63, 3.8) is 0 Å². The maximum atomic E-state index is 12.5. The fraction of sp³-hybridized carbons (Fsp3) is 0.208. The first-order chi connectivity index (χ1) is 16.0. The lowest BCUT2D eigenvalue weighted by Gasteiger charge is -2.09. The molecular weight excluding hydrogens is 428 g/mol. The minimum atomic E-state index is -0.520. The van der Waals surface area contributed by atoms with Crippen molar-refractivity contribution < 1.29 is 33.0 Å². The zero-order valence-electron chi connectivity index (χ0n) is 18.3. The van der Waals surface area contributed by atoms with E-state index < -0.39 is 11.9 Å². The van der Waals surface area contributed by atoms with Crippen molar-refractivity contribution in [3.05, 3.63) is 77.7 Å². The van der Waals surface area contributed by atoms with Crippen LogP contribution in [-0.4, -0.2) is 38.5 Å². The van der Waals surface area contributed by atoms with Crippen LogP contribution >= 0.6 is 0 Å². The Morgan fingerprint density at radius 3 is 2.33 bits per heavy atom. The van der Waals surface area contributed by atoms with E-state index in [1.807, 2.05) is 12.1 Å². The molecule has 0 aliphatic carbocycles. The largest absolute Gasteiger partial charge is 0.493 e. The number of hydrogen-bond donors (Lipinski definition) is 2. The number of esters is 1. The van der Waals surface area contributed by atoms with Gasteiger partial charge in [0.2, 0.25) is 5.91 Å². The van der Waals surface area contributed by atoms with Gasteiger partial charge in [0.05, 0.1) is 20.6 Å². The smallest absolute Gasteiger partial charge is 0.325 e. The second-order valence-corrected chi connectivity index (χ2v) is 6.89. The van der Waals surface area contributed by atoms with Gasteiger partial charge in [-0.15, -0.1) is 0 Å². The molecule has 1 aromatic heterocycles. The highest BCUT2D eigenvalue weighted by molar-refractivity contribution is 6.02. The normalized spacial score (nSPS) is 10.2. The van der Waals surface area contributed by atoms with E-state index in [-0.39, 0.29) is 31.2 Å². The fourth-order valence-corrected chi connectivity index (χ4v) is 2.85. The number of benzene rings is 2. The van der Waals surface area contributed by atoms with E-state index >= 15 is 0 Å². The maximum absolute atomic E-state index is 12.5. The number of carbonyl (C=O) groups excluding carboxylic acids is 3. The van der Waals surface area contributed by atoms with Gasteiger partial charge in [-0.3, -0.25) is 14.4 Å². The molecule has 2 N–H and O–H groups in total. The van der Waals surface area contributed by atoms with Crippen molar-refractivity contribution >= 4 is 23.5 Å². The average molecular weight is 452 g/mol. The molecule has 0 saturated carbocycles. The molecular formula is C24H24N2O7. The van der Waals surface area contributed by atoms with Crippen LogP contribution < -0.4 is 20.1 Å². The Hall–Kier alpha value is -4.27. The second kappa shape index (κ2) is 11.4. The van der Waals surface area contributed by atoms with Crippen LogP contribution in [0.5, 0.6) is 11.5 Å². The third-order valence-electron chi connectivity index (χ3n) is 4.56. The summed E-state index contributed by atoms with van der Waals surface area (Å²) in [4.78, 5) is 35.4. The van der Waals surface area contributed by atoms with Crippen LogP contribution in [0, 0.1) is 0 Å². The van der Waals surface area contributed by atoms with E-state index in [9.17, 15) is 14.4 Å². The average Bonchev–Trinajstić information content (AvgIpc) is 3.32. The number of anilines is 1. The summed E-state index contributed by atoms with van der Waals surface area (Å²) in [5.41, 5.74) is 1.27. The van der Waals surface area contributed by atoms with Crippen LogP contribution in [0.1, 0.15) is 21.9 Å². The van der Waals surface area contributed by atoms with Gasteiger partial charge in [0.1, 0.15) is 18.9 Å². The van der Waals surface area contributed by atoms with Crippen LogP contribution in [-0.2, 0) is 27.4 Å². The van der Waals surface area contributed by atoms with Gasteiger partial charge in [-0.2, -0.15) is 0 Å². The van der Waals surface area contributed by atoms with E-state index in [2.05, 4.69) is 15.4 Å². The number of hydrogen-bond acceptors (Lipinski definition) is 7. The highest BCUT2D eigenvalue weighted by Gasteiger charge is 2.13. The summed E-state index contributed by atoms with van der Waals surface area (Å²) < 4.78 is 21.0. The molecule has 0 aliphatic heterocycles. The van der Waals surface area contributed by atoms with Crippen molar-refractivity contribution in [2.24, 2.45) is 0 Å². The number of rotatable bonds is 10. The second-order valence-electron chi connectivity index (χ2n) is 6.89. The standard InChI is InChI=1S/C24H24N2O7/c1-30-19-5-3-4-6-20(19)32-15-18-11-12-21(33-18)24(29)26-17-9-7-16(8-10-17)13-22(27)25-14-23(28)31-2/h3-12H,13-15H2,1-2H3,(H,25,27)(H,26,29). The van der Waals surface area contributed by atoms with Crippen molar-refractivity contribution in [1.29, 1.82) is 0 Å². The molecule has 0 unspecified atom stereocenters. The minimum absolute atomic E-state index is 0.0962. The number of nitrogens with one attached hydrogen (secondary N) is 2. The van der Waals surface area contributed by atoms with Gasteiger partial charge in [-0.05, 0) is 42.0 Å². The number of carbonyl (C=O) groups is 3. The van der Waals surface area contributed by atoms with Gasteiger partial charge < -0.3 is 29.3 Å². The fourth-order valence-electron chi connectivity index (χ4n) is 2.85. The zero-order valence-corrected chi connectivity index (χ0v) is 18.3. The highest BCUT2D eigenvalue weighted by atomic mass is 16.5. The summed E-state index contributed by atoms with van der Waals surface area (Å²) in [7, 11) is 2.81. The molecule has 0 aliphatic rings. The molecule has 0 saturated heterocycles. The lowest BCUT2D eigenvalue weighted by atomic mass is 10.1. The van der Waals surface area contributed by atoms with E-state index in [4.69, 9.17) is 13.9 Å². The molecule has 3 rings (SSSR count). The van der Waals surface area contributed by atoms with Crippen molar-refractivity contribution in [1.82, 2.24) is 5.32 Å². The van der Waals surface area contributed by atoms with Gasteiger partial charge in [-0.1, -0.05) is 24.3 Å². The first-order valence-electron chi connectivity index (χ1n) is 10.1. The Labute approximate surface area is 190 Å². The first kappa shape index (κ1) is 23.4. The molecule has 3 aromatic rings. The van der Waals surface area contributed by atoms with Crippen molar-refractivity contribution in [2.45, 2.75) is 13.0 Å². The lowest BCUT2D eigenvalue weighted by molar-refractivity contribution is -0.141. The first-order valence-corrected chi connectivity index (χ1v) is 10.1. The molecule has 0 spiro atoms. The van der Waals surface area contributed by atoms with E-state index in [1.165, 1.54) is 7.11 Å². The predicted octanol–water partition coefficient (Wildman–Crippen LogP) is 2.95. The summed E-state index contributed by atoms with van der Waals surface area (Å²) in [5.74, 6) is 0.554. The summed E-state index contributed by atoms with van der Waals surface area (Å²) in [6.07, 6.45) is 0.0962. The third kappa shape index (κ3) is 6.86. The topological polar surface area (TPSA) is 116 Å². The number of ether oxygens (including phenoxy) is 3. The van der Waals surface area contributed by atoms with Crippen LogP contribution in [0.15, 0.2) is 65.1 Å². The number of methoxy groups -OCH3 is 2. The lowest BCUT2D eigenvalue weighted by Crippen LogP contribution is -2.31. The summed E-state index contributed by atoms with van der Waals surface area (Å²) >= 11 is 0. The van der Waals surface area contributed by atoms with Crippen molar-refractivity contribution in [3.8, 4) is 11.5 Å². The highest BCUT2D eigenvalue weighted by Crippen LogP contribution is 2.27. The molecule has 33 heavy (non-hydrogen) atoms. The molecule has 172 valence electrons. The van der Waals surface area contributed by atoms with Gasteiger partial charge in [0.15, 0.2) is 17.3 Å². The van der Waals surface area contributed by atoms with Gasteiger partial charge >= 0.3 is 5.97 Å². The Morgan fingerprint density at radius 2 is 1.64 bits per heavy atom. The van der Waals surface area contributed by atoms with E-state index in [0.29, 0.717) is 22.9 Å². The monoisotopic (exact) mass is 452 g/mol. The number of para-hydroxylation sites is 2. The zero-order chi connectivity index (χ0) is 23.6. The Balaban J connectivity index is 1.50. The number of amides is 2. The van der Waals surface area contributed by atoms with Crippen LogP contribution in [0.25, 0.3) is 0 Å². The summed E-state index contributed by atoms with van der Waals surface area (Å²) in [6, 6.07) is 17.2. The Morgan fingerprint density at radius 1 is 0.909 bits per heavy atom. The molecule has 2 aromatic carbocycles. The SMILES string of the molecule is COC(=O)CNC(=O)Cc1ccc(NC(=O)c2ccc(COc3ccccc3OC)o2)cc1. The van der Waals surface area contributed by atoms with E-state index in [0.717, 1.165) is 5.56 Å². The van der Waals surface area contributed by atoms with Crippen molar-refractivity contribution in [2.75, 3.05) is 26.1 Å². The molecule has 2 amide bonds. The molecule has 9 nitrogen and oxygen atoms in total. The molecule has 0 atom stereocenters. The molecule has 0 bridgehead atoms. The summed E-state index contributed by atoms with van der Waals surface area (Å²) in [5, 5.41) is 5.20. The van der Waals surface area contributed by atoms with Crippen LogP contribution in [0.3, 0.4) is 0 Å². The van der Waals surface area contributed by atoms with Crippen LogP contribution in [0.2, 0.25) is 0 Å². The summed E-state index contributed by atoms with van der Waals surface area (Å²) in [6.45, 7) is -0.0427. The molecule has 9 heteroatoms.